The average Bonchev–Trinajstić information content (AvgIpc) is 2.11. The van der Waals surface area contributed by atoms with E-state index in [1.165, 1.54) is 19.3 Å². The van der Waals surface area contributed by atoms with E-state index < -0.39 is 0 Å². The van der Waals surface area contributed by atoms with Crippen LogP contribution in [0, 0.1) is 19.8 Å². The minimum atomic E-state index is 0.433. The van der Waals surface area contributed by atoms with Crippen LogP contribution in [-0.2, 0) is 0 Å². The highest BCUT2D eigenvalue weighted by molar-refractivity contribution is 6.31. The maximum absolute atomic E-state index is 6.08. The number of nitrogens with one attached hydrogen (secondary N) is 1. The number of aryl methyl sites for hydroxylation is 2. The fourth-order valence-corrected chi connectivity index (χ4v) is 2.16. The average molecular weight is 240 g/mol. The van der Waals surface area contributed by atoms with Crippen molar-refractivity contribution in [3.05, 3.63) is 16.5 Å². The molecular formula is C12H18ClN3. The number of anilines is 1. The lowest BCUT2D eigenvalue weighted by Gasteiger charge is -2.32. The second-order valence-corrected chi connectivity index (χ2v) is 5.02. The molecule has 0 aliphatic heterocycles. The monoisotopic (exact) mass is 239 g/mol. The Kier molecular flexibility index (Phi) is 3.33. The molecule has 2 rings (SSSR count). The van der Waals surface area contributed by atoms with Gasteiger partial charge in [-0.2, -0.15) is 0 Å². The van der Waals surface area contributed by atoms with Gasteiger partial charge in [-0.05, 0) is 39.5 Å². The van der Waals surface area contributed by atoms with Gasteiger partial charge in [-0.15, -0.1) is 0 Å². The molecule has 88 valence electrons. The van der Waals surface area contributed by atoms with Gasteiger partial charge >= 0.3 is 0 Å². The maximum Gasteiger partial charge on any atom is 0.171 e. The Hall–Kier alpha value is -0.830. The minimum absolute atomic E-state index is 0.433. The quantitative estimate of drug-likeness (QED) is 0.879. The molecule has 1 aromatic heterocycles. The fourth-order valence-electron chi connectivity index (χ4n) is 1.94. The van der Waals surface area contributed by atoms with Gasteiger partial charge < -0.3 is 5.32 Å². The van der Waals surface area contributed by atoms with Gasteiger partial charge in [0, 0.05) is 6.04 Å². The highest BCUT2D eigenvalue weighted by Gasteiger charge is 2.24. The van der Waals surface area contributed by atoms with E-state index >= 15 is 0 Å². The third-order valence-corrected chi connectivity index (χ3v) is 3.75. The minimum Gasteiger partial charge on any atom is -0.365 e. The van der Waals surface area contributed by atoms with E-state index in [-0.39, 0.29) is 0 Å². The Morgan fingerprint density at radius 1 is 1.25 bits per heavy atom. The summed E-state index contributed by atoms with van der Waals surface area (Å²) in [5, 5.41) is 3.86. The molecule has 1 aliphatic carbocycles. The van der Waals surface area contributed by atoms with Crippen molar-refractivity contribution in [3.63, 3.8) is 0 Å². The second kappa shape index (κ2) is 4.58. The largest absolute Gasteiger partial charge is 0.365 e. The summed E-state index contributed by atoms with van der Waals surface area (Å²) < 4.78 is 0. The van der Waals surface area contributed by atoms with E-state index in [0.29, 0.717) is 11.2 Å². The highest BCUT2D eigenvalue weighted by atomic mass is 35.5. The zero-order chi connectivity index (χ0) is 11.7. The van der Waals surface area contributed by atoms with Crippen molar-refractivity contribution in [2.75, 3.05) is 5.32 Å². The third-order valence-electron chi connectivity index (χ3n) is 3.49. The zero-order valence-electron chi connectivity index (χ0n) is 10.0. The lowest BCUT2D eigenvalue weighted by molar-refractivity contribution is 0.285. The SMILES string of the molecule is Cc1nc(Cl)c(NC(C)C2CCC2)nc1C. The van der Waals surface area contributed by atoms with Gasteiger partial charge in [0.1, 0.15) is 0 Å². The molecule has 1 N–H and O–H groups in total. The second-order valence-electron chi connectivity index (χ2n) is 4.66. The van der Waals surface area contributed by atoms with Crippen LogP contribution in [0.3, 0.4) is 0 Å². The first-order valence-electron chi connectivity index (χ1n) is 5.85. The van der Waals surface area contributed by atoms with E-state index in [9.17, 15) is 0 Å². The Balaban J connectivity index is 2.11. The molecule has 1 atom stereocenters. The maximum atomic E-state index is 6.08. The lowest BCUT2D eigenvalue weighted by atomic mass is 9.80. The molecule has 0 bridgehead atoms. The Labute approximate surface area is 102 Å². The van der Waals surface area contributed by atoms with Crippen molar-refractivity contribution in [1.82, 2.24) is 9.97 Å². The predicted octanol–water partition coefficient (Wildman–Crippen LogP) is 3.35. The van der Waals surface area contributed by atoms with Crippen LogP contribution in [0.2, 0.25) is 5.15 Å². The molecule has 1 heterocycles. The van der Waals surface area contributed by atoms with E-state index in [1.807, 2.05) is 13.8 Å². The first-order chi connectivity index (χ1) is 7.58. The van der Waals surface area contributed by atoms with Gasteiger partial charge in [-0.1, -0.05) is 18.0 Å². The van der Waals surface area contributed by atoms with Crippen LogP contribution in [0.5, 0.6) is 0 Å². The zero-order valence-corrected chi connectivity index (χ0v) is 10.8. The molecule has 1 aromatic rings. The molecular weight excluding hydrogens is 222 g/mol. The molecule has 4 heteroatoms. The summed E-state index contributed by atoms with van der Waals surface area (Å²) in [7, 11) is 0. The van der Waals surface area contributed by atoms with Crippen molar-refractivity contribution < 1.29 is 0 Å². The van der Waals surface area contributed by atoms with Crippen molar-refractivity contribution in [2.45, 2.75) is 46.1 Å². The molecule has 0 aromatic carbocycles. The van der Waals surface area contributed by atoms with Crippen LogP contribution < -0.4 is 5.32 Å². The Morgan fingerprint density at radius 2 is 1.88 bits per heavy atom. The van der Waals surface area contributed by atoms with E-state index in [0.717, 1.165) is 23.1 Å². The molecule has 0 radical (unpaired) electrons. The van der Waals surface area contributed by atoms with Gasteiger partial charge in [-0.25, -0.2) is 9.97 Å². The van der Waals surface area contributed by atoms with Crippen LogP contribution in [-0.4, -0.2) is 16.0 Å². The Bertz CT molecular complexity index is 388. The summed E-state index contributed by atoms with van der Waals surface area (Å²) >= 11 is 6.08. The van der Waals surface area contributed by atoms with Crippen molar-refractivity contribution in [3.8, 4) is 0 Å². The number of aromatic nitrogens is 2. The predicted molar refractivity (Wildman–Crippen MR) is 66.9 cm³/mol. The number of nitrogens with zero attached hydrogens (tertiary/aromatic N) is 2. The van der Waals surface area contributed by atoms with Crippen LogP contribution in [0.1, 0.15) is 37.6 Å². The normalized spacial score (nSPS) is 18.0. The highest BCUT2D eigenvalue weighted by Crippen LogP contribution is 2.31. The lowest BCUT2D eigenvalue weighted by Crippen LogP contribution is -2.31. The van der Waals surface area contributed by atoms with Gasteiger partial charge in [0.2, 0.25) is 0 Å². The van der Waals surface area contributed by atoms with Crippen LogP contribution in [0.15, 0.2) is 0 Å². The number of rotatable bonds is 3. The van der Waals surface area contributed by atoms with Gasteiger partial charge in [0.15, 0.2) is 11.0 Å². The molecule has 0 saturated heterocycles. The first kappa shape index (κ1) is 11.6. The molecule has 1 fully saturated rings. The van der Waals surface area contributed by atoms with E-state index in [4.69, 9.17) is 11.6 Å². The molecule has 1 aliphatic rings. The summed E-state index contributed by atoms with van der Waals surface area (Å²) in [6.45, 7) is 6.07. The first-order valence-corrected chi connectivity index (χ1v) is 6.23. The summed E-state index contributed by atoms with van der Waals surface area (Å²) in [4.78, 5) is 8.72. The summed E-state index contributed by atoms with van der Waals surface area (Å²) in [5.74, 6) is 1.49. The van der Waals surface area contributed by atoms with E-state index in [1.54, 1.807) is 0 Å². The van der Waals surface area contributed by atoms with Gasteiger partial charge in [0.05, 0.1) is 11.4 Å². The number of hydrogen-bond donors (Lipinski definition) is 1. The number of hydrogen-bond acceptors (Lipinski definition) is 3. The summed E-state index contributed by atoms with van der Waals surface area (Å²) in [6, 6.07) is 0.433. The van der Waals surface area contributed by atoms with Crippen LogP contribution in [0.25, 0.3) is 0 Å². The molecule has 1 saturated carbocycles. The summed E-state index contributed by atoms with van der Waals surface area (Å²) in [6.07, 6.45) is 3.97. The molecule has 3 nitrogen and oxygen atoms in total. The van der Waals surface area contributed by atoms with E-state index in [2.05, 4.69) is 22.2 Å². The third kappa shape index (κ3) is 2.29. The molecule has 0 spiro atoms. The topological polar surface area (TPSA) is 37.8 Å². The smallest absolute Gasteiger partial charge is 0.171 e. The van der Waals surface area contributed by atoms with Crippen LogP contribution >= 0.6 is 11.6 Å². The van der Waals surface area contributed by atoms with Gasteiger partial charge in [-0.3, -0.25) is 0 Å². The van der Waals surface area contributed by atoms with Crippen LogP contribution in [0.4, 0.5) is 5.82 Å². The van der Waals surface area contributed by atoms with Crippen molar-refractivity contribution >= 4 is 17.4 Å². The molecule has 1 unspecified atom stereocenters. The standard InChI is InChI=1S/C12H18ClN3/c1-7-8(2)15-12(11(13)14-7)16-9(3)10-5-4-6-10/h9-10H,4-6H2,1-3H3,(H,15,16). The van der Waals surface area contributed by atoms with Crippen molar-refractivity contribution in [1.29, 1.82) is 0 Å². The summed E-state index contributed by atoms with van der Waals surface area (Å²) in [5.41, 5.74) is 1.83. The fraction of sp³-hybridized carbons (Fsp3) is 0.667. The van der Waals surface area contributed by atoms with Crippen molar-refractivity contribution in [2.24, 2.45) is 5.92 Å². The van der Waals surface area contributed by atoms with Gasteiger partial charge in [0.25, 0.3) is 0 Å². The number of halogens is 1. The molecule has 0 amide bonds. The Morgan fingerprint density at radius 3 is 2.44 bits per heavy atom. The molecule has 16 heavy (non-hydrogen) atoms.